The average molecular weight is 301 g/mol. The summed E-state index contributed by atoms with van der Waals surface area (Å²) in [6.45, 7) is -0.198. The average Bonchev–Trinajstić information content (AvgIpc) is 2.77. The Labute approximate surface area is 118 Å². The number of para-hydroxylation sites is 2. The van der Waals surface area contributed by atoms with Crippen molar-refractivity contribution in [2.75, 3.05) is 18.1 Å². The monoisotopic (exact) mass is 301 g/mol. The van der Waals surface area contributed by atoms with Gasteiger partial charge in [-0.1, -0.05) is 12.1 Å². The zero-order valence-electron chi connectivity index (χ0n) is 10.7. The van der Waals surface area contributed by atoms with Crippen LogP contribution in [0.5, 0.6) is 0 Å². The molecule has 1 saturated heterocycles. The van der Waals surface area contributed by atoms with Crippen molar-refractivity contribution in [1.82, 2.24) is 14.9 Å². The number of hydrogen-bond acceptors (Lipinski definition) is 3. The Morgan fingerprint density at radius 1 is 1.35 bits per heavy atom. The van der Waals surface area contributed by atoms with Gasteiger partial charge in [0, 0.05) is 18.1 Å². The summed E-state index contributed by atoms with van der Waals surface area (Å²) in [5.41, 5.74) is 1.15. The molecule has 2 aromatic rings. The first kappa shape index (κ1) is 13.8. The Morgan fingerprint density at radius 2 is 2.15 bits per heavy atom. The zero-order valence-corrected chi connectivity index (χ0v) is 11.5. The number of imidazole rings is 1. The third-order valence-corrected chi connectivity index (χ3v) is 4.32. The van der Waals surface area contributed by atoms with Crippen molar-refractivity contribution >= 4 is 22.8 Å². The summed E-state index contributed by atoms with van der Waals surface area (Å²) in [6, 6.07) is 6.85. The van der Waals surface area contributed by atoms with Gasteiger partial charge in [0.2, 0.25) is 0 Å². The van der Waals surface area contributed by atoms with Gasteiger partial charge in [0.1, 0.15) is 12.4 Å². The normalized spacial score (nSPS) is 20.4. The minimum Gasteiger partial charge on any atom is -0.317 e. The van der Waals surface area contributed by atoms with Crippen molar-refractivity contribution in [3.8, 4) is 0 Å². The zero-order chi connectivity index (χ0) is 14.2. The molecule has 1 unspecified atom stereocenters. The molecule has 3 rings (SSSR count). The second-order valence-corrected chi connectivity index (χ2v) is 5.89. The molecule has 3 nitrogen and oxygen atoms in total. The molecule has 1 aliphatic heterocycles. The molecule has 2 heterocycles. The van der Waals surface area contributed by atoms with Gasteiger partial charge in [-0.3, -0.25) is 0 Å². The molecule has 20 heavy (non-hydrogen) atoms. The summed E-state index contributed by atoms with van der Waals surface area (Å²) in [4.78, 5) is 4.41. The fraction of sp³-hybridized carbons (Fsp3) is 0.462. The molecule has 1 aliphatic rings. The third kappa shape index (κ3) is 2.78. The highest BCUT2D eigenvalue weighted by Crippen LogP contribution is 2.28. The highest BCUT2D eigenvalue weighted by Gasteiger charge is 2.32. The molecule has 1 fully saturated rings. The number of aromatic nitrogens is 2. The number of hydrogen-bond donors (Lipinski definition) is 1. The van der Waals surface area contributed by atoms with E-state index in [1.165, 1.54) is 4.57 Å². The maximum atomic E-state index is 12.8. The van der Waals surface area contributed by atoms with Crippen molar-refractivity contribution in [3.05, 3.63) is 30.1 Å². The summed E-state index contributed by atoms with van der Waals surface area (Å²) < 4.78 is 39.7. The number of benzene rings is 1. The van der Waals surface area contributed by atoms with E-state index in [0.29, 0.717) is 16.9 Å². The SMILES string of the molecule is FC(F)(F)Cn1c(C2CSCCN2)nc2ccccc21. The predicted molar refractivity (Wildman–Crippen MR) is 73.9 cm³/mol. The number of nitrogens with zero attached hydrogens (tertiary/aromatic N) is 2. The van der Waals surface area contributed by atoms with Crippen LogP contribution >= 0.6 is 11.8 Å². The molecule has 0 radical (unpaired) electrons. The largest absolute Gasteiger partial charge is 0.406 e. The van der Waals surface area contributed by atoms with Gasteiger partial charge in [-0.25, -0.2) is 4.98 Å². The van der Waals surface area contributed by atoms with E-state index in [1.54, 1.807) is 36.0 Å². The fourth-order valence-electron chi connectivity index (χ4n) is 2.44. The number of alkyl halides is 3. The number of thioether (sulfide) groups is 1. The molecule has 7 heteroatoms. The fourth-order valence-corrected chi connectivity index (χ4v) is 3.37. The van der Waals surface area contributed by atoms with Crippen LogP contribution in [0.3, 0.4) is 0 Å². The highest BCUT2D eigenvalue weighted by molar-refractivity contribution is 7.99. The number of rotatable bonds is 2. The topological polar surface area (TPSA) is 29.9 Å². The maximum Gasteiger partial charge on any atom is 0.406 e. The van der Waals surface area contributed by atoms with Crippen LogP contribution in [0.4, 0.5) is 13.2 Å². The van der Waals surface area contributed by atoms with Gasteiger partial charge in [0.15, 0.2) is 0 Å². The van der Waals surface area contributed by atoms with Gasteiger partial charge < -0.3 is 9.88 Å². The maximum absolute atomic E-state index is 12.8. The van der Waals surface area contributed by atoms with E-state index in [2.05, 4.69) is 10.3 Å². The van der Waals surface area contributed by atoms with Crippen LogP contribution in [0.15, 0.2) is 24.3 Å². The molecule has 108 valence electrons. The Bertz CT molecular complexity index is 602. The molecular formula is C13H14F3N3S. The van der Waals surface area contributed by atoms with Gasteiger partial charge in [-0.05, 0) is 12.1 Å². The van der Waals surface area contributed by atoms with Crippen molar-refractivity contribution in [3.63, 3.8) is 0 Å². The molecule has 0 spiro atoms. The first-order valence-electron chi connectivity index (χ1n) is 6.38. The summed E-state index contributed by atoms with van der Waals surface area (Å²) in [5, 5.41) is 3.25. The van der Waals surface area contributed by atoms with Gasteiger partial charge in [-0.15, -0.1) is 0 Å². The second-order valence-electron chi connectivity index (χ2n) is 4.74. The molecule has 1 atom stereocenters. The minimum absolute atomic E-state index is 0.122. The van der Waals surface area contributed by atoms with Crippen molar-refractivity contribution < 1.29 is 13.2 Å². The van der Waals surface area contributed by atoms with E-state index < -0.39 is 12.7 Å². The Morgan fingerprint density at radius 3 is 2.85 bits per heavy atom. The van der Waals surface area contributed by atoms with Crippen molar-refractivity contribution in [2.24, 2.45) is 0 Å². The van der Waals surface area contributed by atoms with E-state index in [0.717, 1.165) is 18.1 Å². The van der Waals surface area contributed by atoms with Gasteiger partial charge in [-0.2, -0.15) is 24.9 Å². The van der Waals surface area contributed by atoms with E-state index >= 15 is 0 Å². The van der Waals surface area contributed by atoms with Crippen LogP contribution in [-0.2, 0) is 6.54 Å². The standard InChI is InChI=1S/C13H14F3N3S/c14-13(15,16)8-19-11-4-2-1-3-9(11)18-12(19)10-7-20-6-5-17-10/h1-4,10,17H,5-8H2. The molecule has 0 aliphatic carbocycles. The van der Waals surface area contributed by atoms with Crippen LogP contribution in [0.2, 0.25) is 0 Å². The van der Waals surface area contributed by atoms with Crippen molar-refractivity contribution in [2.45, 2.75) is 18.8 Å². The molecular weight excluding hydrogens is 287 g/mol. The lowest BCUT2D eigenvalue weighted by molar-refractivity contribution is -0.140. The van der Waals surface area contributed by atoms with E-state index in [-0.39, 0.29) is 6.04 Å². The van der Waals surface area contributed by atoms with Crippen LogP contribution in [0, 0.1) is 0 Å². The number of halogens is 3. The quantitative estimate of drug-likeness (QED) is 0.925. The lowest BCUT2D eigenvalue weighted by Crippen LogP contribution is -2.33. The Kier molecular flexibility index (Phi) is 3.64. The highest BCUT2D eigenvalue weighted by atomic mass is 32.2. The predicted octanol–water partition coefficient (Wildman–Crippen LogP) is 2.98. The summed E-state index contributed by atoms with van der Waals surface area (Å²) >= 11 is 1.74. The summed E-state index contributed by atoms with van der Waals surface area (Å²) in [6.07, 6.45) is -4.25. The van der Waals surface area contributed by atoms with Crippen LogP contribution in [0.25, 0.3) is 11.0 Å². The second kappa shape index (κ2) is 5.29. The van der Waals surface area contributed by atoms with Gasteiger partial charge in [0.25, 0.3) is 0 Å². The van der Waals surface area contributed by atoms with Crippen LogP contribution in [-0.4, -0.2) is 33.8 Å². The number of fused-ring (bicyclic) bond motifs is 1. The van der Waals surface area contributed by atoms with Crippen molar-refractivity contribution in [1.29, 1.82) is 0 Å². The first-order chi connectivity index (χ1) is 9.54. The number of nitrogens with one attached hydrogen (secondary N) is 1. The first-order valence-corrected chi connectivity index (χ1v) is 7.53. The lowest BCUT2D eigenvalue weighted by atomic mass is 10.3. The molecule has 0 amide bonds. The molecule has 1 aromatic carbocycles. The molecule has 1 aromatic heterocycles. The molecule has 1 N–H and O–H groups in total. The third-order valence-electron chi connectivity index (χ3n) is 3.25. The Balaban J connectivity index is 2.06. The van der Waals surface area contributed by atoms with Crippen LogP contribution in [0.1, 0.15) is 11.9 Å². The van der Waals surface area contributed by atoms with Gasteiger partial charge >= 0.3 is 6.18 Å². The summed E-state index contributed by atoms with van der Waals surface area (Å²) in [5.74, 6) is 2.22. The van der Waals surface area contributed by atoms with Crippen LogP contribution < -0.4 is 5.32 Å². The smallest absolute Gasteiger partial charge is 0.317 e. The minimum atomic E-state index is -4.25. The van der Waals surface area contributed by atoms with E-state index in [4.69, 9.17) is 0 Å². The van der Waals surface area contributed by atoms with E-state index in [9.17, 15) is 13.2 Å². The molecule has 0 bridgehead atoms. The lowest BCUT2D eigenvalue weighted by Gasteiger charge is -2.24. The molecule has 0 saturated carbocycles. The van der Waals surface area contributed by atoms with Gasteiger partial charge in [0.05, 0.1) is 17.1 Å². The Hall–Kier alpha value is -1.21. The summed E-state index contributed by atoms with van der Waals surface area (Å²) in [7, 11) is 0. The van der Waals surface area contributed by atoms with E-state index in [1.807, 2.05) is 0 Å².